The normalized spacial score (nSPS) is 9.54. The minimum Gasteiger partial charge on any atom is -0.306 e. The molecule has 1 N–H and O–H groups in total. The largest absolute Gasteiger partial charge is 0.306 e. The van der Waals surface area contributed by atoms with Crippen LogP contribution in [0.1, 0.15) is 5.56 Å². The fourth-order valence-corrected chi connectivity index (χ4v) is 0.968. The van der Waals surface area contributed by atoms with Crippen molar-refractivity contribution in [1.82, 2.24) is 5.32 Å². The first kappa shape index (κ1) is 9.61. The summed E-state index contributed by atoms with van der Waals surface area (Å²) in [6.45, 7) is 0.721. The van der Waals surface area contributed by atoms with Crippen LogP contribution in [0.25, 0.3) is 0 Å². The maximum atomic E-state index is 10.6. The number of ketones is 1. The molecule has 68 valence electrons. The number of carbonyl (C=O) groups is 2. The van der Waals surface area contributed by atoms with E-state index < -0.39 is 5.78 Å². The third-order valence-electron chi connectivity index (χ3n) is 1.60. The summed E-state index contributed by atoms with van der Waals surface area (Å²) in [7, 11) is 0. The first-order chi connectivity index (χ1) is 6.33. The minimum absolute atomic E-state index is 0.110. The molecule has 0 unspecified atom stereocenters. The minimum atomic E-state index is -0.420. The van der Waals surface area contributed by atoms with Gasteiger partial charge in [-0.2, -0.15) is 0 Å². The lowest BCUT2D eigenvalue weighted by molar-refractivity contribution is -0.129. The highest BCUT2D eigenvalue weighted by Crippen LogP contribution is 1.96. The SMILES string of the molecule is O=CC(=O)CNCc1ccccc1. The van der Waals surface area contributed by atoms with E-state index in [-0.39, 0.29) is 6.54 Å². The summed E-state index contributed by atoms with van der Waals surface area (Å²) in [5.74, 6) is -0.420. The Bertz CT molecular complexity index is 282. The summed E-state index contributed by atoms with van der Waals surface area (Å²) in [6.07, 6.45) is 0.331. The van der Waals surface area contributed by atoms with Crippen LogP contribution < -0.4 is 5.32 Å². The molecule has 0 atom stereocenters. The Hall–Kier alpha value is -1.48. The van der Waals surface area contributed by atoms with Crippen molar-refractivity contribution in [2.45, 2.75) is 6.54 Å². The van der Waals surface area contributed by atoms with E-state index in [1.165, 1.54) is 0 Å². The fraction of sp³-hybridized carbons (Fsp3) is 0.200. The number of hydrogen-bond acceptors (Lipinski definition) is 3. The topological polar surface area (TPSA) is 46.2 Å². The Balaban J connectivity index is 2.28. The second-order valence-corrected chi connectivity index (χ2v) is 2.67. The van der Waals surface area contributed by atoms with Crippen LogP contribution in [-0.2, 0) is 16.1 Å². The number of hydrogen-bond donors (Lipinski definition) is 1. The molecule has 13 heavy (non-hydrogen) atoms. The van der Waals surface area contributed by atoms with E-state index >= 15 is 0 Å². The van der Waals surface area contributed by atoms with E-state index in [0.717, 1.165) is 5.56 Å². The van der Waals surface area contributed by atoms with Crippen molar-refractivity contribution in [3.05, 3.63) is 35.9 Å². The molecule has 1 aromatic carbocycles. The molecule has 0 aliphatic rings. The standard InChI is InChI=1S/C10H11NO2/c12-8-10(13)7-11-6-9-4-2-1-3-5-9/h1-5,8,11H,6-7H2. The van der Waals surface area contributed by atoms with Crippen LogP contribution in [0.2, 0.25) is 0 Å². The van der Waals surface area contributed by atoms with Crippen molar-refractivity contribution >= 4 is 12.1 Å². The van der Waals surface area contributed by atoms with Crippen LogP contribution in [0, 0.1) is 0 Å². The Morgan fingerprint density at radius 3 is 2.62 bits per heavy atom. The highest BCUT2D eigenvalue weighted by molar-refractivity contribution is 6.25. The molecule has 0 spiro atoms. The van der Waals surface area contributed by atoms with Crippen LogP contribution in [0.4, 0.5) is 0 Å². The van der Waals surface area contributed by atoms with Crippen molar-refractivity contribution in [2.24, 2.45) is 0 Å². The van der Waals surface area contributed by atoms with Gasteiger partial charge in [-0.25, -0.2) is 0 Å². The molecule has 1 rings (SSSR count). The number of aldehydes is 1. The molecule has 0 saturated carbocycles. The fourth-order valence-electron chi connectivity index (χ4n) is 0.968. The van der Waals surface area contributed by atoms with Gasteiger partial charge in [0.1, 0.15) is 0 Å². The second kappa shape index (κ2) is 5.22. The zero-order valence-electron chi connectivity index (χ0n) is 7.19. The molecule has 0 amide bonds. The van der Waals surface area contributed by atoms with E-state index in [9.17, 15) is 9.59 Å². The van der Waals surface area contributed by atoms with Crippen molar-refractivity contribution < 1.29 is 9.59 Å². The summed E-state index contributed by atoms with van der Waals surface area (Å²) < 4.78 is 0. The summed E-state index contributed by atoms with van der Waals surface area (Å²) in [5, 5.41) is 2.87. The summed E-state index contributed by atoms with van der Waals surface area (Å²) >= 11 is 0. The summed E-state index contributed by atoms with van der Waals surface area (Å²) in [4.78, 5) is 20.5. The van der Waals surface area contributed by atoms with Crippen molar-refractivity contribution in [3.8, 4) is 0 Å². The zero-order valence-corrected chi connectivity index (χ0v) is 7.19. The Morgan fingerprint density at radius 2 is 2.00 bits per heavy atom. The highest BCUT2D eigenvalue weighted by atomic mass is 16.2. The third kappa shape index (κ3) is 3.62. The Morgan fingerprint density at radius 1 is 1.31 bits per heavy atom. The average Bonchev–Trinajstić information content (AvgIpc) is 2.19. The van der Waals surface area contributed by atoms with Crippen LogP contribution in [-0.4, -0.2) is 18.6 Å². The van der Waals surface area contributed by atoms with Gasteiger partial charge in [0.15, 0.2) is 6.29 Å². The zero-order chi connectivity index (χ0) is 9.52. The van der Waals surface area contributed by atoms with Gasteiger partial charge >= 0.3 is 0 Å². The van der Waals surface area contributed by atoms with Crippen molar-refractivity contribution in [1.29, 1.82) is 0 Å². The molecule has 0 aliphatic carbocycles. The molecule has 0 saturated heterocycles. The number of Topliss-reactive ketones (excluding diaryl/α,β-unsaturated/α-hetero) is 1. The summed E-state index contributed by atoms with van der Waals surface area (Å²) in [5.41, 5.74) is 1.10. The first-order valence-corrected chi connectivity index (χ1v) is 4.05. The van der Waals surface area contributed by atoms with Crippen LogP contribution >= 0.6 is 0 Å². The number of rotatable bonds is 5. The van der Waals surface area contributed by atoms with E-state index in [0.29, 0.717) is 12.8 Å². The lowest BCUT2D eigenvalue weighted by Gasteiger charge is -2.00. The molecule has 0 aromatic heterocycles. The van der Waals surface area contributed by atoms with Gasteiger partial charge in [-0.05, 0) is 5.56 Å². The van der Waals surface area contributed by atoms with Gasteiger partial charge < -0.3 is 5.32 Å². The third-order valence-corrected chi connectivity index (χ3v) is 1.60. The lowest BCUT2D eigenvalue weighted by Crippen LogP contribution is -2.22. The van der Waals surface area contributed by atoms with E-state index in [1.807, 2.05) is 30.3 Å². The van der Waals surface area contributed by atoms with Gasteiger partial charge in [-0.15, -0.1) is 0 Å². The van der Waals surface area contributed by atoms with E-state index in [1.54, 1.807) is 0 Å². The Kier molecular flexibility index (Phi) is 3.85. The van der Waals surface area contributed by atoms with Crippen LogP contribution in [0.5, 0.6) is 0 Å². The van der Waals surface area contributed by atoms with Gasteiger partial charge in [-0.3, -0.25) is 9.59 Å². The molecule has 0 heterocycles. The molecule has 1 aromatic rings. The highest BCUT2D eigenvalue weighted by Gasteiger charge is 1.97. The molecule has 3 nitrogen and oxygen atoms in total. The molecule has 3 heteroatoms. The van der Waals surface area contributed by atoms with E-state index in [2.05, 4.69) is 5.32 Å². The van der Waals surface area contributed by atoms with Gasteiger partial charge in [-0.1, -0.05) is 30.3 Å². The molecule has 0 radical (unpaired) electrons. The maximum Gasteiger partial charge on any atom is 0.208 e. The van der Waals surface area contributed by atoms with Crippen LogP contribution in [0.3, 0.4) is 0 Å². The number of nitrogens with one attached hydrogen (secondary N) is 1. The molecular formula is C10H11NO2. The lowest BCUT2D eigenvalue weighted by atomic mass is 10.2. The van der Waals surface area contributed by atoms with Gasteiger partial charge in [0.25, 0.3) is 0 Å². The number of benzene rings is 1. The second-order valence-electron chi connectivity index (χ2n) is 2.67. The molecule has 0 fully saturated rings. The summed E-state index contributed by atoms with van der Waals surface area (Å²) in [6, 6.07) is 9.70. The molecular weight excluding hydrogens is 166 g/mol. The predicted octanol–water partition coefficient (Wildman–Crippen LogP) is 0.544. The average molecular weight is 177 g/mol. The predicted molar refractivity (Wildman–Crippen MR) is 49.2 cm³/mol. The van der Waals surface area contributed by atoms with Crippen LogP contribution in [0.15, 0.2) is 30.3 Å². The van der Waals surface area contributed by atoms with Crippen molar-refractivity contribution in [2.75, 3.05) is 6.54 Å². The number of carbonyl (C=O) groups excluding carboxylic acids is 2. The van der Waals surface area contributed by atoms with Gasteiger partial charge in [0.05, 0.1) is 6.54 Å². The molecule has 0 aliphatic heterocycles. The maximum absolute atomic E-state index is 10.6. The van der Waals surface area contributed by atoms with Gasteiger partial charge in [0, 0.05) is 6.54 Å². The first-order valence-electron chi connectivity index (χ1n) is 4.05. The molecule has 0 bridgehead atoms. The smallest absolute Gasteiger partial charge is 0.208 e. The van der Waals surface area contributed by atoms with Gasteiger partial charge in [0.2, 0.25) is 5.78 Å². The van der Waals surface area contributed by atoms with E-state index in [4.69, 9.17) is 0 Å². The Labute approximate surface area is 76.8 Å². The monoisotopic (exact) mass is 177 g/mol. The quantitative estimate of drug-likeness (QED) is 0.527. The van der Waals surface area contributed by atoms with Crippen molar-refractivity contribution in [3.63, 3.8) is 0 Å².